The quantitative estimate of drug-likeness (QED) is 0.757. The fourth-order valence-electron chi connectivity index (χ4n) is 2.19. The van der Waals surface area contributed by atoms with Crippen molar-refractivity contribution in [3.63, 3.8) is 0 Å². The zero-order valence-corrected chi connectivity index (χ0v) is 14.0. The third kappa shape index (κ3) is 4.78. The van der Waals surface area contributed by atoms with E-state index in [1.807, 2.05) is 0 Å². The minimum Gasteiger partial charge on any atom is -0.465 e. The Labute approximate surface area is 144 Å². The third-order valence-corrected chi connectivity index (χ3v) is 3.81. The number of alkyl halides is 2. The van der Waals surface area contributed by atoms with Crippen molar-refractivity contribution in [1.29, 1.82) is 0 Å². The van der Waals surface area contributed by atoms with Crippen LogP contribution in [0.15, 0.2) is 18.2 Å². The standard InChI is InChI=1S/C15H18F2N2O4.ClH/c1-8(10-6-18-7-10)13(20)19-11-4-3-9(14(21)22-2)5-12(11)23-15(16)17;/h3-5,8,10,15,18H,6-7H2,1-2H3,(H,19,20);1H. The minimum absolute atomic E-state index is 0. The monoisotopic (exact) mass is 364 g/mol. The Hall–Kier alpha value is -1.93. The van der Waals surface area contributed by atoms with Crippen LogP contribution in [0.3, 0.4) is 0 Å². The Balaban J connectivity index is 0.00000288. The zero-order valence-electron chi connectivity index (χ0n) is 13.2. The lowest BCUT2D eigenvalue weighted by atomic mass is 9.88. The van der Waals surface area contributed by atoms with Crippen LogP contribution in [0, 0.1) is 11.8 Å². The largest absolute Gasteiger partial charge is 0.465 e. The Morgan fingerprint density at radius 1 is 1.33 bits per heavy atom. The fraction of sp³-hybridized carbons (Fsp3) is 0.467. The van der Waals surface area contributed by atoms with Crippen LogP contribution in [0.1, 0.15) is 17.3 Å². The highest BCUT2D eigenvalue weighted by molar-refractivity contribution is 5.96. The maximum atomic E-state index is 12.5. The van der Waals surface area contributed by atoms with E-state index in [0.29, 0.717) is 0 Å². The van der Waals surface area contributed by atoms with Crippen LogP contribution < -0.4 is 15.4 Å². The number of anilines is 1. The zero-order chi connectivity index (χ0) is 17.0. The van der Waals surface area contributed by atoms with E-state index in [0.717, 1.165) is 19.2 Å². The molecule has 1 aliphatic heterocycles. The van der Waals surface area contributed by atoms with Gasteiger partial charge < -0.3 is 20.1 Å². The van der Waals surface area contributed by atoms with E-state index >= 15 is 0 Å². The Kier molecular flexibility index (Phi) is 7.37. The van der Waals surface area contributed by atoms with Crippen LogP contribution in [0.5, 0.6) is 5.75 Å². The molecule has 9 heteroatoms. The Morgan fingerprint density at radius 2 is 2.00 bits per heavy atom. The molecular weight excluding hydrogens is 346 g/mol. The first-order valence-electron chi connectivity index (χ1n) is 7.11. The molecule has 0 aliphatic carbocycles. The summed E-state index contributed by atoms with van der Waals surface area (Å²) in [6, 6.07) is 3.83. The summed E-state index contributed by atoms with van der Waals surface area (Å²) in [6.07, 6.45) is 0. The van der Waals surface area contributed by atoms with E-state index in [-0.39, 0.29) is 47.2 Å². The van der Waals surface area contributed by atoms with Crippen molar-refractivity contribution in [2.45, 2.75) is 13.5 Å². The number of carbonyl (C=O) groups excluding carboxylic acids is 2. The number of carbonyl (C=O) groups is 2. The van der Waals surface area contributed by atoms with Crippen LogP contribution in [0.2, 0.25) is 0 Å². The van der Waals surface area contributed by atoms with Crippen molar-refractivity contribution in [2.24, 2.45) is 11.8 Å². The van der Waals surface area contributed by atoms with E-state index < -0.39 is 12.6 Å². The number of esters is 1. The van der Waals surface area contributed by atoms with Gasteiger partial charge >= 0.3 is 12.6 Å². The van der Waals surface area contributed by atoms with Gasteiger partial charge in [-0.05, 0) is 37.2 Å². The number of amides is 1. The molecule has 1 saturated heterocycles. The van der Waals surface area contributed by atoms with Crippen molar-refractivity contribution < 1.29 is 27.8 Å². The molecule has 1 amide bonds. The van der Waals surface area contributed by atoms with E-state index in [1.54, 1.807) is 6.92 Å². The average molecular weight is 365 g/mol. The van der Waals surface area contributed by atoms with Crippen molar-refractivity contribution in [1.82, 2.24) is 5.32 Å². The van der Waals surface area contributed by atoms with Gasteiger partial charge in [0.2, 0.25) is 5.91 Å². The first kappa shape index (κ1) is 20.1. The first-order chi connectivity index (χ1) is 10.9. The predicted molar refractivity (Wildman–Crippen MR) is 85.8 cm³/mol. The Morgan fingerprint density at radius 3 is 2.50 bits per heavy atom. The van der Waals surface area contributed by atoms with Crippen LogP contribution in [-0.4, -0.2) is 38.7 Å². The van der Waals surface area contributed by atoms with E-state index in [1.165, 1.54) is 19.2 Å². The number of nitrogens with one attached hydrogen (secondary N) is 2. The second-order valence-corrected chi connectivity index (χ2v) is 5.28. The highest BCUT2D eigenvalue weighted by Crippen LogP contribution is 2.29. The molecule has 6 nitrogen and oxygen atoms in total. The van der Waals surface area contributed by atoms with Crippen LogP contribution in [0.4, 0.5) is 14.5 Å². The minimum atomic E-state index is -3.08. The second-order valence-electron chi connectivity index (χ2n) is 5.28. The molecule has 0 spiro atoms. The summed E-state index contributed by atoms with van der Waals surface area (Å²) in [5.41, 5.74) is 0.138. The maximum absolute atomic E-state index is 12.5. The summed E-state index contributed by atoms with van der Waals surface area (Å²) in [5, 5.41) is 5.64. The molecule has 0 radical (unpaired) electrons. The van der Waals surface area contributed by atoms with E-state index in [9.17, 15) is 18.4 Å². The average Bonchev–Trinajstić information content (AvgIpc) is 2.45. The Bertz CT molecular complexity index is 597. The lowest BCUT2D eigenvalue weighted by Gasteiger charge is -2.31. The molecule has 1 aromatic carbocycles. The third-order valence-electron chi connectivity index (χ3n) is 3.81. The van der Waals surface area contributed by atoms with Gasteiger partial charge in [-0.25, -0.2) is 4.79 Å². The number of ether oxygens (including phenoxy) is 2. The molecule has 0 bridgehead atoms. The summed E-state index contributed by atoms with van der Waals surface area (Å²) in [4.78, 5) is 23.7. The van der Waals surface area contributed by atoms with E-state index in [4.69, 9.17) is 0 Å². The normalized spacial score (nSPS) is 15.0. The van der Waals surface area contributed by atoms with Gasteiger partial charge in [0.25, 0.3) is 0 Å². The smallest absolute Gasteiger partial charge is 0.387 e. The maximum Gasteiger partial charge on any atom is 0.387 e. The number of hydrogen-bond acceptors (Lipinski definition) is 5. The van der Waals surface area contributed by atoms with Crippen molar-refractivity contribution in [3.05, 3.63) is 23.8 Å². The molecular formula is C15H19ClF2N2O4. The number of halogens is 3. The van der Waals surface area contributed by atoms with Gasteiger partial charge in [0.1, 0.15) is 5.75 Å². The van der Waals surface area contributed by atoms with Gasteiger partial charge in [0, 0.05) is 5.92 Å². The molecule has 24 heavy (non-hydrogen) atoms. The van der Waals surface area contributed by atoms with Gasteiger partial charge in [-0.3, -0.25) is 4.79 Å². The summed E-state index contributed by atoms with van der Waals surface area (Å²) < 4.78 is 34.0. The van der Waals surface area contributed by atoms with Gasteiger partial charge in [-0.1, -0.05) is 6.92 Å². The SMILES string of the molecule is COC(=O)c1ccc(NC(=O)C(C)C2CNC2)c(OC(F)F)c1.Cl. The van der Waals surface area contributed by atoms with Gasteiger partial charge in [-0.15, -0.1) is 12.4 Å². The van der Waals surface area contributed by atoms with Crippen molar-refractivity contribution in [2.75, 3.05) is 25.5 Å². The molecule has 1 heterocycles. The lowest BCUT2D eigenvalue weighted by molar-refractivity contribution is -0.121. The molecule has 1 fully saturated rings. The van der Waals surface area contributed by atoms with Crippen molar-refractivity contribution >= 4 is 30.0 Å². The molecule has 134 valence electrons. The summed E-state index contributed by atoms with van der Waals surface area (Å²) in [5.74, 6) is -1.31. The van der Waals surface area contributed by atoms with Crippen LogP contribution in [0.25, 0.3) is 0 Å². The summed E-state index contributed by atoms with van der Waals surface area (Å²) >= 11 is 0. The highest BCUT2D eigenvalue weighted by Gasteiger charge is 2.29. The molecule has 1 aliphatic rings. The van der Waals surface area contributed by atoms with Crippen LogP contribution in [-0.2, 0) is 9.53 Å². The fourth-order valence-corrected chi connectivity index (χ4v) is 2.19. The van der Waals surface area contributed by atoms with Crippen molar-refractivity contribution in [3.8, 4) is 5.75 Å². The molecule has 1 aromatic rings. The van der Waals surface area contributed by atoms with Crippen LogP contribution >= 0.6 is 12.4 Å². The molecule has 1 atom stereocenters. The second kappa shape index (κ2) is 8.79. The number of rotatable bonds is 6. The summed E-state index contributed by atoms with van der Waals surface area (Å²) in [7, 11) is 1.18. The lowest BCUT2D eigenvalue weighted by Crippen LogP contribution is -2.48. The summed E-state index contributed by atoms with van der Waals surface area (Å²) in [6.45, 7) is 0.191. The molecule has 2 N–H and O–H groups in total. The molecule has 2 rings (SSSR count). The number of methoxy groups -OCH3 is 1. The predicted octanol–water partition coefficient (Wildman–Crippen LogP) is 2.29. The molecule has 1 unspecified atom stereocenters. The number of hydrogen-bond donors (Lipinski definition) is 2. The molecule has 0 aromatic heterocycles. The highest BCUT2D eigenvalue weighted by atomic mass is 35.5. The topological polar surface area (TPSA) is 76.7 Å². The van der Waals surface area contributed by atoms with Gasteiger partial charge in [0.05, 0.1) is 18.4 Å². The van der Waals surface area contributed by atoms with Gasteiger partial charge in [-0.2, -0.15) is 8.78 Å². The van der Waals surface area contributed by atoms with Gasteiger partial charge in [0.15, 0.2) is 0 Å². The van der Waals surface area contributed by atoms with E-state index in [2.05, 4.69) is 20.1 Å². The number of benzene rings is 1. The first-order valence-corrected chi connectivity index (χ1v) is 7.11. The molecule has 0 saturated carbocycles.